The molecule has 2 aromatic rings. The summed E-state index contributed by atoms with van der Waals surface area (Å²) in [5, 5.41) is 0.494. The first-order valence-electron chi connectivity index (χ1n) is 9.27. The van der Waals surface area contributed by atoms with Gasteiger partial charge in [-0.15, -0.1) is 0 Å². The van der Waals surface area contributed by atoms with Crippen molar-refractivity contribution in [3.05, 3.63) is 58.6 Å². The van der Waals surface area contributed by atoms with Crippen LogP contribution in [0.25, 0.3) is 0 Å². The molecule has 1 amide bonds. The molecule has 1 atom stereocenters. The van der Waals surface area contributed by atoms with Crippen molar-refractivity contribution >= 4 is 17.5 Å². The Morgan fingerprint density at radius 2 is 1.85 bits per heavy atom. The van der Waals surface area contributed by atoms with Crippen molar-refractivity contribution < 1.29 is 14.3 Å². The molecule has 1 unspecified atom stereocenters. The quantitative estimate of drug-likeness (QED) is 0.638. The lowest BCUT2D eigenvalue weighted by Crippen LogP contribution is -2.29. The molecule has 0 radical (unpaired) electrons. The third kappa shape index (κ3) is 4.56. The molecule has 0 bridgehead atoms. The number of amides is 1. The maximum absolute atomic E-state index is 12.7. The van der Waals surface area contributed by atoms with Gasteiger partial charge >= 0.3 is 0 Å². The predicted molar refractivity (Wildman–Crippen MR) is 108 cm³/mol. The van der Waals surface area contributed by atoms with Gasteiger partial charge in [0.05, 0.1) is 24.8 Å². The van der Waals surface area contributed by atoms with Crippen LogP contribution in [0.4, 0.5) is 0 Å². The molecule has 0 heterocycles. The summed E-state index contributed by atoms with van der Waals surface area (Å²) < 4.78 is 10.8. The zero-order valence-corrected chi connectivity index (χ0v) is 16.8. The van der Waals surface area contributed by atoms with Crippen LogP contribution in [0.1, 0.15) is 41.1 Å². The van der Waals surface area contributed by atoms with E-state index >= 15 is 0 Å². The van der Waals surface area contributed by atoms with Gasteiger partial charge in [0, 0.05) is 13.6 Å². The van der Waals surface area contributed by atoms with Gasteiger partial charge in [-0.05, 0) is 60.9 Å². The number of benzene rings is 2. The van der Waals surface area contributed by atoms with Gasteiger partial charge in [0.25, 0.3) is 5.91 Å². The molecule has 2 aromatic carbocycles. The normalized spacial score (nSPS) is 14.5. The van der Waals surface area contributed by atoms with E-state index in [1.165, 1.54) is 18.4 Å². The lowest BCUT2D eigenvalue weighted by atomic mass is 9.90. The van der Waals surface area contributed by atoms with Gasteiger partial charge in [-0.1, -0.05) is 29.8 Å². The molecular weight excluding hydrogens is 362 g/mol. The summed E-state index contributed by atoms with van der Waals surface area (Å²) in [6.07, 6.45) is 3.38. The van der Waals surface area contributed by atoms with Crippen LogP contribution in [-0.2, 0) is 0 Å². The first-order valence-corrected chi connectivity index (χ1v) is 9.65. The Hall–Kier alpha value is -2.20. The molecular formula is C22H26ClNO3. The Morgan fingerprint density at radius 1 is 1.15 bits per heavy atom. The van der Waals surface area contributed by atoms with E-state index in [-0.39, 0.29) is 5.91 Å². The van der Waals surface area contributed by atoms with Crippen molar-refractivity contribution in [3.8, 4) is 11.5 Å². The largest absolute Gasteiger partial charge is 0.493 e. The number of hydrogen-bond donors (Lipinski definition) is 0. The Kier molecular flexibility index (Phi) is 6.27. The molecule has 144 valence electrons. The van der Waals surface area contributed by atoms with Crippen LogP contribution < -0.4 is 9.47 Å². The maximum atomic E-state index is 12.7. The van der Waals surface area contributed by atoms with E-state index in [4.69, 9.17) is 21.1 Å². The molecule has 0 N–H and O–H groups in total. The number of ether oxygens (including phenoxy) is 2. The zero-order valence-electron chi connectivity index (χ0n) is 16.1. The van der Waals surface area contributed by atoms with Crippen LogP contribution in [0.2, 0.25) is 5.02 Å². The van der Waals surface area contributed by atoms with Gasteiger partial charge in [-0.25, -0.2) is 0 Å². The SMILES string of the molecule is COc1ccc(C(CCN(C)C(=O)c2ccccc2Cl)C2CC2)cc1OC. The molecule has 4 nitrogen and oxygen atoms in total. The minimum Gasteiger partial charge on any atom is -0.493 e. The molecule has 0 aliphatic heterocycles. The smallest absolute Gasteiger partial charge is 0.255 e. The van der Waals surface area contributed by atoms with Crippen LogP contribution in [0.15, 0.2) is 42.5 Å². The zero-order chi connectivity index (χ0) is 19.4. The highest BCUT2D eigenvalue weighted by Gasteiger charge is 2.33. The highest BCUT2D eigenvalue weighted by atomic mass is 35.5. The number of carbonyl (C=O) groups is 1. The fourth-order valence-corrected chi connectivity index (χ4v) is 3.75. The fraction of sp³-hybridized carbons (Fsp3) is 0.409. The lowest BCUT2D eigenvalue weighted by molar-refractivity contribution is 0.0790. The van der Waals surface area contributed by atoms with Crippen molar-refractivity contribution in [1.82, 2.24) is 4.90 Å². The van der Waals surface area contributed by atoms with E-state index in [2.05, 4.69) is 12.1 Å². The highest BCUT2D eigenvalue weighted by molar-refractivity contribution is 6.33. The minimum absolute atomic E-state index is 0.0394. The van der Waals surface area contributed by atoms with Crippen molar-refractivity contribution in [3.63, 3.8) is 0 Å². The molecule has 1 saturated carbocycles. The summed E-state index contributed by atoms with van der Waals surface area (Å²) in [5.41, 5.74) is 1.80. The molecule has 1 aliphatic carbocycles. The average molecular weight is 388 g/mol. The van der Waals surface area contributed by atoms with Gasteiger partial charge in [0.15, 0.2) is 11.5 Å². The minimum atomic E-state index is -0.0394. The Morgan fingerprint density at radius 3 is 2.48 bits per heavy atom. The van der Waals surface area contributed by atoms with E-state index in [0.29, 0.717) is 29.0 Å². The maximum Gasteiger partial charge on any atom is 0.255 e. The molecule has 3 rings (SSSR count). The fourth-order valence-electron chi connectivity index (χ4n) is 3.53. The number of carbonyl (C=O) groups excluding carboxylic acids is 1. The third-order valence-electron chi connectivity index (χ3n) is 5.25. The molecule has 0 saturated heterocycles. The standard InChI is InChI=1S/C22H26ClNO3/c1-24(22(25)18-6-4-5-7-19(18)23)13-12-17(15-8-9-15)16-10-11-20(26-2)21(14-16)27-3/h4-7,10-11,14-15,17H,8-9,12-13H2,1-3H3. The molecule has 1 aliphatic rings. The lowest BCUT2D eigenvalue weighted by Gasteiger charge is -2.23. The second kappa shape index (κ2) is 8.66. The first-order chi connectivity index (χ1) is 13.0. The number of hydrogen-bond acceptors (Lipinski definition) is 3. The van der Waals surface area contributed by atoms with E-state index in [9.17, 15) is 4.79 Å². The summed E-state index contributed by atoms with van der Waals surface area (Å²) in [7, 11) is 5.14. The van der Waals surface area contributed by atoms with Gasteiger partial charge in [-0.2, -0.15) is 0 Å². The second-order valence-electron chi connectivity index (χ2n) is 7.05. The second-order valence-corrected chi connectivity index (χ2v) is 7.46. The van der Waals surface area contributed by atoms with Crippen molar-refractivity contribution in [2.45, 2.75) is 25.2 Å². The van der Waals surface area contributed by atoms with Crippen LogP contribution in [0.3, 0.4) is 0 Å². The predicted octanol–water partition coefficient (Wildman–Crippen LogP) is 5.01. The van der Waals surface area contributed by atoms with Crippen LogP contribution >= 0.6 is 11.6 Å². The molecule has 5 heteroatoms. The highest BCUT2D eigenvalue weighted by Crippen LogP contribution is 2.46. The summed E-state index contributed by atoms with van der Waals surface area (Å²) in [5.74, 6) is 2.53. The van der Waals surface area contributed by atoms with Crippen LogP contribution in [0, 0.1) is 5.92 Å². The summed E-state index contributed by atoms with van der Waals surface area (Å²) in [6, 6.07) is 13.3. The topological polar surface area (TPSA) is 38.8 Å². The number of nitrogens with zero attached hydrogens (tertiary/aromatic N) is 1. The summed E-state index contributed by atoms with van der Waals surface area (Å²) in [4.78, 5) is 14.5. The van der Waals surface area contributed by atoms with Crippen molar-refractivity contribution in [1.29, 1.82) is 0 Å². The van der Waals surface area contributed by atoms with Gasteiger partial charge < -0.3 is 14.4 Å². The Bertz CT molecular complexity index is 804. The number of rotatable bonds is 8. The third-order valence-corrected chi connectivity index (χ3v) is 5.58. The van der Waals surface area contributed by atoms with Gasteiger partial charge in [0.1, 0.15) is 0 Å². The molecule has 0 aromatic heterocycles. The van der Waals surface area contributed by atoms with E-state index in [1.54, 1.807) is 31.3 Å². The monoisotopic (exact) mass is 387 g/mol. The van der Waals surface area contributed by atoms with E-state index in [1.807, 2.05) is 25.2 Å². The van der Waals surface area contributed by atoms with Gasteiger partial charge in [0.2, 0.25) is 0 Å². The molecule has 0 spiro atoms. The molecule has 27 heavy (non-hydrogen) atoms. The Labute approximate surface area is 166 Å². The van der Waals surface area contributed by atoms with E-state index < -0.39 is 0 Å². The number of methoxy groups -OCH3 is 2. The van der Waals surface area contributed by atoms with E-state index in [0.717, 1.165) is 17.9 Å². The average Bonchev–Trinajstić information content (AvgIpc) is 3.52. The van der Waals surface area contributed by atoms with Crippen molar-refractivity contribution in [2.24, 2.45) is 5.92 Å². The van der Waals surface area contributed by atoms with Crippen molar-refractivity contribution in [2.75, 3.05) is 27.8 Å². The number of halogens is 1. The summed E-state index contributed by atoms with van der Waals surface area (Å²) >= 11 is 6.17. The Balaban J connectivity index is 1.70. The van der Waals surface area contributed by atoms with Gasteiger partial charge in [-0.3, -0.25) is 4.79 Å². The summed E-state index contributed by atoms with van der Waals surface area (Å²) in [6.45, 7) is 0.680. The first kappa shape index (κ1) is 19.6. The van der Waals surface area contributed by atoms with Crippen LogP contribution in [0.5, 0.6) is 11.5 Å². The van der Waals surface area contributed by atoms with Crippen LogP contribution in [-0.4, -0.2) is 38.6 Å². The molecule has 1 fully saturated rings.